The summed E-state index contributed by atoms with van der Waals surface area (Å²) < 4.78 is 0. The highest BCUT2D eigenvalue weighted by Gasteiger charge is 2.41. The van der Waals surface area contributed by atoms with Gasteiger partial charge in [0.05, 0.1) is 12.1 Å². The van der Waals surface area contributed by atoms with Crippen molar-refractivity contribution in [1.29, 1.82) is 0 Å². The van der Waals surface area contributed by atoms with Crippen molar-refractivity contribution in [1.82, 2.24) is 20.4 Å². The van der Waals surface area contributed by atoms with Gasteiger partial charge in [0.15, 0.2) is 0 Å². The van der Waals surface area contributed by atoms with Crippen molar-refractivity contribution in [2.24, 2.45) is 5.92 Å². The first-order chi connectivity index (χ1) is 17.5. The van der Waals surface area contributed by atoms with Crippen molar-refractivity contribution in [3.63, 3.8) is 0 Å². The Morgan fingerprint density at radius 2 is 1.44 bits per heavy atom. The molecule has 2 aliphatic rings. The monoisotopic (exact) mass is 510 g/mol. The lowest BCUT2D eigenvalue weighted by atomic mass is 9.95. The molecular weight excluding hydrogens is 476 g/mol. The summed E-state index contributed by atoms with van der Waals surface area (Å²) in [5.41, 5.74) is 1.96. The van der Waals surface area contributed by atoms with Crippen molar-refractivity contribution in [2.75, 3.05) is 6.54 Å². The molecule has 2 fully saturated rings. The molecule has 7 nitrogen and oxygen atoms in total. The third-order valence-electron chi connectivity index (χ3n) is 7.38. The van der Waals surface area contributed by atoms with Gasteiger partial charge in [0.1, 0.15) is 12.1 Å². The van der Waals surface area contributed by atoms with Gasteiger partial charge >= 0.3 is 0 Å². The molecule has 1 aliphatic heterocycles. The van der Waals surface area contributed by atoms with E-state index in [0.29, 0.717) is 13.0 Å². The number of likely N-dealkylation sites (tertiary alicyclic amines) is 1. The van der Waals surface area contributed by atoms with Gasteiger partial charge < -0.3 is 15.5 Å². The predicted molar refractivity (Wildman–Crippen MR) is 140 cm³/mol. The van der Waals surface area contributed by atoms with Crippen LogP contribution in [0.15, 0.2) is 60.7 Å². The van der Waals surface area contributed by atoms with Gasteiger partial charge in [0, 0.05) is 6.54 Å². The molecule has 0 radical (unpaired) electrons. The van der Waals surface area contributed by atoms with Crippen LogP contribution in [-0.4, -0.2) is 47.3 Å². The van der Waals surface area contributed by atoms with Crippen molar-refractivity contribution in [2.45, 2.75) is 69.6 Å². The highest BCUT2D eigenvalue weighted by molar-refractivity contribution is 6.15. The maximum absolute atomic E-state index is 13.8. The highest BCUT2D eigenvalue weighted by Crippen LogP contribution is 2.31. The quantitative estimate of drug-likeness (QED) is 0.449. The Kier molecular flexibility index (Phi) is 8.99. The maximum atomic E-state index is 13.8. The summed E-state index contributed by atoms with van der Waals surface area (Å²) in [5.74, 6) is -0.602. The van der Waals surface area contributed by atoms with Crippen LogP contribution in [0.2, 0.25) is 0 Å². The Morgan fingerprint density at radius 3 is 2.00 bits per heavy atom. The van der Waals surface area contributed by atoms with Crippen LogP contribution >= 0.6 is 11.8 Å². The largest absolute Gasteiger partial charge is 0.343 e. The van der Waals surface area contributed by atoms with Crippen molar-refractivity contribution in [3.8, 4) is 0 Å². The van der Waals surface area contributed by atoms with E-state index in [1.54, 1.807) is 11.8 Å². The average molecular weight is 511 g/mol. The summed E-state index contributed by atoms with van der Waals surface area (Å²) in [6, 6.07) is 17.5. The van der Waals surface area contributed by atoms with Crippen molar-refractivity contribution >= 4 is 29.5 Å². The minimum absolute atomic E-state index is 0.0645. The van der Waals surface area contributed by atoms with E-state index in [9.17, 15) is 14.4 Å². The second kappa shape index (κ2) is 12.4. The van der Waals surface area contributed by atoms with Gasteiger partial charge in [-0.2, -0.15) is 0 Å². The van der Waals surface area contributed by atoms with Crippen LogP contribution in [0.4, 0.5) is 0 Å². The average Bonchev–Trinajstić information content (AvgIpc) is 3.63. The molecule has 3 amide bonds. The zero-order valence-electron chi connectivity index (χ0n) is 20.7. The SMILES string of the molecule is CC(NCl)C(=O)NC(C(=O)N1CCCC1C(=O)NC(c1ccccc1)c1ccccc1)C1CCCC1. The van der Waals surface area contributed by atoms with Crippen LogP contribution in [0.25, 0.3) is 0 Å². The van der Waals surface area contributed by atoms with Crippen molar-refractivity contribution in [3.05, 3.63) is 71.8 Å². The molecule has 1 saturated carbocycles. The minimum atomic E-state index is -0.653. The molecule has 0 aromatic heterocycles. The second-order valence-electron chi connectivity index (χ2n) is 9.81. The van der Waals surface area contributed by atoms with Gasteiger partial charge in [-0.1, -0.05) is 73.5 Å². The summed E-state index contributed by atoms with van der Waals surface area (Å²) in [5, 5.41) is 6.13. The zero-order valence-corrected chi connectivity index (χ0v) is 21.4. The third kappa shape index (κ3) is 6.08. The van der Waals surface area contributed by atoms with Crippen LogP contribution in [0, 0.1) is 5.92 Å². The first-order valence-corrected chi connectivity index (χ1v) is 13.2. The standard InChI is InChI=1S/C28H35ClN4O3/c1-19(32-29)26(34)31-25(22-15-8-9-16-22)28(36)33-18-10-17-23(33)27(35)30-24(20-11-4-2-5-12-20)21-13-6-3-7-14-21/h2-7,11-14,19,22-25,32H,8-10,15-18H2,1H3,(H,30,35)(H,31,34). The fraction of sp³-hybridized carbons (Fsp3) is 0.464. The molecule has 1 aliphatic carbocycles. The Bertz CT molecular complexity index is 990. The number of nitrogens with zero attached hydrogens (tertiary/aromatic N) is 1. The molecule has 3 unspecified atom stereocenters. The summed E-state index contributed by atoms with van der Waals surface area (Å²) in [6.07, 6.45) is 5.18. The molecule has 0 bridgehead atoms. The summed E-state index contributed by atoms with van der Waals surface area (Å²) in [7, 11) is 0. The van der Waals surface area contributed by atoms with E-state index in [-0.39, 0.29) is 29.7 Å². The van der Waals surface area contributed by atoms with Gasteiger partial charge in [-0.25, -0.2) is 4.84 Å². The molecule has 3 N–H and O–H groups in total. The minimum Gasteiger partial charge on any atom is -0.343 e. The predicted octanol–water partition coefficient (Wildman–Crippen LogP) is 3.69. The number of halogens is 1. The van der Waals surface area contributed by atoms with Crippen LogP contribution < -0.4 is 15.5 Å². The summed E-state index contributed by atoms with van der Waals surface area (Å²) in [4.78, 5) is 44.1. The molecular formula is C28H35ClN4O3. The van der Waals surface area contributed by atoms with Gasteiger partial charge in [0.25, 0.3) is 0 Å². The number of benzene rings is 2. The Labute approximate surface area is 218 Å². The molecule has 192 valence electrons. The molecule has 1 heterocycles. The van der Waals surface area contributed by atoms with Crippen LogP contribution in [0.1, 0.15) is 62.6 Å². The van der Waals surface area contributed by atoms with Crippen molar-refractivity contribution < 1.29 is 14.4 Å². The van der Waals surface area contributed by atoms with Gasteiger partial charge in [-0.3, -0.25) is 14.4 Å². The molecule has 2 aromatic carbocycles. The lowest BCUT2D eigenvalue weighted by molar-refractivity contribution is -0.143. The van der Waals surface area contributed by atoms with E-state index in [2.05, 4.69) is 15.5 Å². The van der Waals surface area contributed by atoms with Gasteiger partial charge in [-0.05, 0) is 61.4 Å². The van der Waals surface area contributed by atoms with E-state index in [1.807, 2.05) is 60.7 Å². The zero-order chi connectivity index (χ0) is 25.5. The molecule has 2 aromatic rings. The first kappa shape index (κ1) is 26.2. The van der Waals surface area contributed by atoms with E-state index in [1.165, 1.54) is 0 Å². The Balaban J connectivity index is 1.53. The molecule has 0 spiro atoms. The molecule has 36 heavy (non-hydrogen) atoms. The summed E-state index contributed by atoms with van der Waals surface area (Å²) in [6.45, 7) is 2.15. The van der Waals surface area contributed by atoms with E-state index < -0.39 is 18.1 Å². The lowest BCUT2D eigenvalue weighted by Gasteiger charge is -2.32. The number of nitrogens with one attached hydrogen (secondary N) is 3. The van der Waals surface area contributed by atoms with Gasteiger partial charge in [0.2, 0.25) is 17.7 Å². The molecule has 4 rings (SSSR count). The fourth-order valence-corrected chi connectivity index (χ4v) is 5.47. The Morgan fingerprint density at radius 1 is 0.861 bits per heavy atom. The van der Waals surface area contributed by atoms with E-state index in [4.69, 9.17) is 11.8 Å². The molecule has 3 atom stereocenters. The van der Waals surface area contributed by atoms with Crippen LogP contribution in [0.3, 0.4) is 0 Å². The van der Waals surface area contributed by atoms with Crippen LogP contribution in [-0.2, 0) is 14.4 Å². The third-order valence-corrected chi connectivity index (χ3v) is 7.71. The first-order valence-electron chi connectivity index (χ1n) is 12.9. The lowest BCUT2D eigenvalue weighted by Crippen LogP contribution is -2.57. The van der Waals surface area contributed by atoms with Crippen LogP contribution in [0.5, 0.6) is 0 Å². The molecule has 8 heteroatoms. The maximum Gasteiger partial charge on any atom is 0.246 e. The molecule has 1 saturated heterocycles. The normalized spacial score (nSPS) is 19.8. The number of hydrogen-bond acceptors (Lipinski definition) is 4. The van der Waals surface area contributed by atoms with Gasteiger partial charge in [-0.15, -0.1) is 0 Å². The number of amides is 3. The number of carbonyl (C=O) groups excluding carboxylic acids is 3. The smallest absolute Gasteiger partial charge is 0.246 e. The van der Waals surface area contributed by atoms with E-state index in [0.717, 1.165) is 43.2 Å². The number of carbonyl (C=O) groups is 3. The fourth-order valence-electron chi connectivity index (χ4n) is 5.37. The number of hydrogen-bond donors (Lipinski definition) is 3. The van der Waals surface area contributed by atoms with E-state index >= 15 is 0 Å². The highest BCUT2D eigenvalue weighted by atomic mass is 35.5. The summed E-state index contributed by atoms with van der Waals surface area (Å²) >= 11 is 5.65. The Hall–Kier alpha value is -2.90. The second-order valence-corrected chi connectivity index (χ2v) is 10.0. The topological polar surface area (TPSA) is 90.5 Å². The number of rotatable bonds is 9.